The first-order chi connectivity index (χ1) is 9.77. The maximum atomic E-state index is 10.3. The Morgan fingerprint density at radius 3 is 1.95 bits per heavy atom. The van der Waals surface area contributed by atoms with E-state index in [0.717, 1.165) is 25.7 Å². The molecule has 0 unspecified atom stereocenters. The van der Waals surface area contributed by atoms with Crippen LogP contribution in [-0.4, -0.2) is 11.1 Å². The van der Waals surface area contributed by atoms with Gasteiger partial charge in [-0.05, 0) is 44.9 Å². The minimum atomic E-state index is -0.722. The molecule has 0 aliphatic heterocycles. The van der Waals surface area contributed by atoms with Crippen LogP contribution >= 0.6 is 0 Å². The molecular weight excluding hydrogens is 248 g/mol. The number of aliphatic carboxylic acids is 1. The van der Waals surface area contributed by atoms with Gasteiger partial charge in [-0.2, -0.15) is 0 Å². The summed E-state index contributed by atoms with van der Waals surface area (Å²) < 4.78 is 0. The third-order valence-corrected chi connectivity index (χ3v) is 3.01. The summed E-state index contributed by atoms with van der Waals surface area (Å²) >= 11 is 0. The van der Waals surface area contributed by atoms with Gasteiger partial charge in [0.25, 0.3) is 0 Å². The zero-order chi connectivity index (χ0) is 14.9. The minimum Gasteiger partial charge on any atom is -0.481 e. The molecule has 0 saturated carbocycles. The zero-order valence-corrected chi connectivity index (χ0v) is 12.9. The molecule has 0 radical (unpaired) electrons. The van der Waals surface area contributed by atoms with Crippen LogP contribution in [0.2, 0.25) is 0 Å². The van der Waals surface area contributed by atoms with Gasteiger partial charge in [0.05, 0.1) is 0 Å². The number of carbonyl (C=O) groups is 1. The monoisotopic (exact) mass is 278 g/mol. The Labute approximate surface area is 124 Å². The second kappa shape index (κ2) is 15.7. The quantitative estimate of drug-likeness (QED) is 0.348. The molecule has 0 rings (SSSR count). The van der Waals surface area contributed by atoms with Crippen molar-refractivity contribution in [2.75, 3.05) is 0 Å². The average Bonchev–Trinajstić information content (AvgIpc) is 2.43. The first kappa shape index (κ1) is 18.7. The second-order valence-corrected chi connectivity index (χ2v) is 5.01. The summed E-state index contributed by atoms with van der Waals surface area (Å²) in [5, 5.41) is 8.47. The fourth-order valence-electron chi connectivity index (χ4n) is 1.81. The lowest BCUT2D eigenvalue weighted by molar-refractivity contribution is -0.136. The highest BCUT2D eigenvalue weighted by Gasteiger charge is 1.91. The van der Waals surface area contributed by atoms with Gasteiger partial charge >= 0.3 is 5.97 Å². The van der Waals surface area contributed by atoms with Crippen LogP contribution in [0.5, 0.6) is 0 Å². The lowest BCUT2D eigenvalue weighted by Gasteiger charge is -1.92. The molecule has 0 atom stereocenters. The van der Waals surface area contributed by atoms with Crippen molar-refractivity contribution < 1.29 is 9.90 Å². The van der Waals surface area contributed by atoms with Gasteiger partial charge in [0.2, 0.25) is 0 Å². The Morgan fingerprint density at radius 2 is 1.35 bits per heavy atom. The molecule has 1 N–H and O–H groups in total. The van der Waals surface area contributed by atoms with Crippen molar-refractivity contribution in [3.05, 3.63) is 36.5 Å². The molecule has 0 aromatic carbocycles. The van der Waals surface area contributed by atoms with E-state index in [0.29, 0.717) is 6.42 Å². The predicted octanol–water partition coefficient (Wildman–Crippen LogP) is 5.66. The van der Waals surface area contributed by atoms with E-state index >= 15 is 0 Å². The zero-order valence-electron chi connectivity index (χ0n) is 12.9. The number of rotatable bonds is 13. The molecule has 2 heteroatoms. The summed E-state index contributed by atoms with van der Waals surface area (Å²) in [7, 11) is 0. The number of hydrogen-bond acceptors (Lipinski definition) is 1. The van der Waals surface area contributed by atoms with Crippen LogP contribution in [0, 0.1) is 0 Å². The van der Waals surface area contributed by atoms with Gasteiger partial charge in [-0.15, -0.1) is 0 Å². The van der Waals surface area contributed by atoms with E-state index in [9.17, 15) is 4.79 Å². The maximum Gasteiger partial charge on any atom is 0.303 e. The van der Waals surface area contributed by atoms with Gasteiger partial charge in [-0.1, -0.05) is 56.2 Å². The molecule has 0 aliphatic rings. The van der Waals surface area contributed by atoms with Crippen LogP contribution in [0.3, 0.4) is 0 Å². The standard InChI is InChI=1S/C18H30O2/c1-2-3-4-5-6-7-8-9-10-11-12-13-14-15-16-17-18(19)20/h6-7,9-10,14-15H,2-5,8,11-13,16-17H2,1H3,(H,19,20)/b7-6+,10-9-,15-14-. The molecule has 114 valence electrons. The summed E-state index contributed by atoms with van der Waals surface area (Å²) in [5.41, 5.74) is 0. The fourth-order valence-corrected chi connectivity index (χ4v) is 1.81. The third-order valence-electron chi connectivity index (χ3n) is 3.01. The lowest BCUT2D eigenvalue weighted by Crippen LogP contribution is -1.91. The molecule has 0 aliphatic carbocycles. The molecule has 20 heavy (non-hydrogen) atoms. The molecule has 0 aromatic rings. The topological polar surface area (TPSA) is 37.3 Å². The molecule has 0 spiro atoms. The van der Waals surface area contributed by atoms with Crippen molar-refractivity contribution in [1.29, 1.82) is 0 Å². The largest absolute Gasteiger partial charge is 0.481 e. The highest BCUT2D eigenvalue weighted by molar-refractivity contribution is 5.66. The molecule has 0 aromatic heterocycles. The van der Waals surface area contributed by atoms with Gasteiger partial charge in [-0.3, -0.25) is 4.79 Å². The van der Waals surface area contributed by atoms with E-state index in [4.69, 9.17) is 5.11 Å². The van der Waals surface area contributed by atoms with Crippen LogP contribution in [-0.2, 0) is 4.79 Å². The van der Waals surface area contributed by atoms with E-state index in [-0.39, 0.29) is 6.42 Å². The third kappa shape index (κ3) is 16.7. The van der Waals surface area contributed by atoms with Crippen molar-refractivity contribution in [2.45, 2.75) is 71.1 Å². The van der Waals surface area contributed by atoms with Crippen molar-refractivity contribution in [3.8, 4) is 0 Å². The Balaban J connectivity index is 3.29. The average molecular weight is 278 g/mol. The van der Waals surface area contributed by atoms with Crippen LogP contribution in [0.1, 0.15) is 71.1 Å². The summed E-state index contributed by atoms with van der Waals surface area (Å²) in [5.74, 6) is -0.722. The number of unbranched alkanes of at least 4 members (excludes halogenated alkanes) is 5. The van der Waals surface area contributed by atoms with Crippen molar-refractivity contribution in [2.24, 2.45) is 0 Å². The lowest BCUT2D eigenvalue weighted by atomic mass is 10.2. The van der Waals surface area contributed by atoms with Crippen LogP contribution < -0.4 is 0 Å². The first-order valence-electron chi connectivity index (χ1n) is 7.94. The van der Waals surface area contributed by atoms with Crippen LogP contribution in [0.15, 0.2) is 36.5 Å². The van der Waals surface area contributed by atoms with E-state index in [2.05, 4.69) is 37.3 Å². The number of allylic oxidation sites excluding steroid dienone is 6. The van der Waals surface area contributed by atoms with E-state index in [1.807, 2.05) is 6.08 Å². The van der Waals surface area contributed by atoms with Gasteiger partial charge in [0.15, 0.2) is 0 Å². The highest BCUT2D eigenvalue weighted by atomic mass is 16.4. The summed E-state index contributed by atoms with van der Waals surface area (Å²) in [6, 6.07) is 0. The van der Waals surface area contributed by atoms with Gasteiger partial charge in [-0.25, -0.2) is 0 Å². The molecular formula is C18H30O2. The number of carboxylic acid groups (broad SMARTS) is 1. The fraction of sp³-hybridized carbons (Fsp3) is 0.611. The van der Waals surface area contributed by atoms with Crippen molar-refractivity contribution in [3.63, 3.8) is 0 Å². The van der Waals surface area contributed by atoms with Crippen LogP contribution in [0.4, 0.5) is 0 Å². The number of carboxylic acids is 1. The van der Waals surface area contributed by atoms with E-state index < -0.39 is 5.97 Å². The first-order valence-corrected chi connectivity index (χ1v) is 7.94. The van der Waals surface area contributed by atoms with Gasteiger partial charge in [0, 0.05) is 6.42 Å². The molecule has 2 nitrogen and oxygen atoms in total. The molecule has 0 bridgehead atoms. The molecule has 0 heterocycles. The van der Waals surface area contributed by atoms with E-state index in [1.165, 1.54) is 25.7 Å². The summed E-state index contributed by atoms with van der Waals surface area (Å²) in [4.78, 5) is 10.3. The highest BCUT2D eigenvalue weighted by Crippen LogP contribution is 2.02. The van der Waals surface area contributed by atoms with E-state index in [1.54, 1.807) is 0 Å². The summed E-state index contributed by atoms with van der Waals surface area (Å²) in [6.45, 7) is 2.23. The van der Waals surface area contributed by atoms with Crippen molar-refractivity contribution >= 4 is 5.97 Å². The van der Waals surface area contributed by atoms with Gasteiger partial charge < -0.3 is 5.11 Å². The Morgan fingerprint density at radius 1 is 0.800 bits per heavy atom. The Hall–Kier alpha value is -1.31. The Kier molecular flexibility index (Phi) is 14.7. The normalized spacial score (nSPS) is 12.1. The number of hydrogen-bond donors (Lipinski definition) is 1. The van der Waals surface area contributed by atoms with Gasteiger partial charge in [0.1, 0.15) is 0 Å². The van der Waals surface area contributed by atoms with Crippen molar-refractivity contribution in [1.82, 2.24) is 0 Å². The molecule has 0 fully saturated rings. The Bertz CT molecular complexity index is 301. The maximum absolute atomic E-state index is 10.3. The van der Waals surface area contributed by atoms with Crippen LogP contribution in [0.25, 0.3) is 0 Å². The predicted molar refractivity (Wildman–Crippen MR) is 86.9 cm³/mol. The molecule has 0 saturated heterocycles. The smallest absolute Gasteiger partial charge is 0.303 e. The molecule has 0 amide bonds. The summed E-state index contributed by atoms with van der Waals surface area (Å²) in [6.07, 6.45) is 23.4. The second-order valence-electron chi connectivity index (χ2n) is 5.01. The SMILES string of the molecule is CCCCC/C=C/C/C=C\CCC/C=C\CCC(=O)O. The minimum absolute atomic E-state index is 0.237.